The number of hydrogen-bond acceptors (Lipinski definition) is 1. The molecule has 1 heteroatoms. The standard InChI is InChI=1S/C13H15.C9H12.C6H7N.H2/c1-11(2)9-10-12(3)13-7-5-4-6-8-13;1-3-9-6-4-8(2)5-7-9;7-6-4-2-1-3-5-6;/h4-10,12H,1,3H2,2H3;4-7H,3H2,1-2H3;1-5H,7H2;1H/b10-9-;;;. The zero-order valence-electron chi connectivity index (χ0n) is 18.0. The van der Waals surface area contributed by atoms with Crippen molar-refractivity contribution in [1.82, 2.24) is 0 Å². The van der Waals surface area contributed by atoms with Gasteiger partial charge in [0.05, 0.1) is 0 Å². The molecule has 2 N–H and O–H groups in total. The first kappa shape index (κ1) is 24.0. The van der Waals surface area contributed by atoms with Crippen molar-refractivity contribution in [3.8, 4) is 0 Å². The first-order chi connectivity index (χ1) is 13.9. The highest BCUT2D eigenvalue weighted by atomic mass is 14.5. The molecular formula is C28H36N. The van der Waals surface area contributed by atoms with Crippen LogP contribution in [0.4, 0.5) is 5.69 Å². The van der Waals surface area contributed by atoms with Crippen molar-refractivity contribution >= 4 is 5.69 Å². The second-order valence-electron chi connectivity index (χ2n) is 6.97. The Morgan fingerprint density at radius 3 is 1.86 bits per heavy atom. The van der Waals surface area contributed by atoms with E-state index in [1.165, 1.54) is 16.7 Å². The monoisotopic (exact) mass is 386 g/mol. The van der Waals surface area contributed by atoms with Gasteiger partial charge in [-0.15, -0.1) is 0 Å². The maximum Gasteiger partial charge on any atom is 0.0313 e. The third-order valence-corrected chi connectivity index (χ3v) is 4.17. The summed E-state index contributed by atoms with van der Waals surface area (Å²) in [7, 11) is 0. The Morgan fingerprint density at radius 1 is 0.931 bits per heavy atom. The van der Waals surface area contributed by atoms with Gasteiger partial charge in [-0.1, -0.05) is 110 Å². The van der Waals surface area contributed by atoms with Crippen LogP contribution in [0.1, 0.15) is 37.9 Å². The Labute approximate surface area is 179 Å². The largest absolute Gasteiger partial charge is 0.399 e. The van der Waals surface area contributed by atoms with Gasteiger partial charge in [-0.05, 0) is 50.5 Å². The summed E-state index contributed by atoms with van der Waals surface area (Å²) in [6.07, 6.45) is 5.21. The zero-order chi connectivity index (χ0) is 21.5. The first-order valence-electron chi connectivity index (χ1n) is 10.00. The van der Waals surface area contributed by atoms with Gasteiger partial charge in [0, 0.05) is 13.0 Å². The van der Waals surface area contributed by atoms with Crippen molar-refractivity contribution in [1.29, 1.82) is 0 Å². The first-order valence-corrected chi connectivity index (χ1v) is 10.00. The summed E-state index contributed by atoms with van der Waals surface area (Å²) < 4.78 is 0. The van der Waals surface area contributed by atoms with E-state index in [0.717, 1.165) is 17.7 Å². The van der Waals surface area contributed by atoms with Crippen molar-refractivity contribution in [3.63, 3.8) is 0 Å². The molecule has 3 aromatic rings. The van der Waals surface area contributed by atoms with Crippen LogP contribution in [0.5, 0.6) is 0 Å². The SMILES string of the molecule is CCc1ccc(C)cc1.Nc1ccccc1.[CH2]C(/C=C\C(=C)C)c1ccccc1.[HH]. The van der Waals surface area contributed by atoms with Crippen molar-refractivity contribution in [2.24, 2.45) is 0 Å². The Bertz CT molecular complexity index is 837. The van der Waals surface area contributed by atoms with E-state index in [9.17, 15) is 0 Å². The van der Waals surface area contributed by atoms with Gasteiger partial charge in [0.15, 0.2) is 0 Å². The summed E-state index contributed by atoms with van der Waals surface area (Å²) in [5.41, 5.74) is 11.2. The molecule has 0 spiro atoms. The fraction of sp³-hybridized carbons (Fsp3) is 0.179. The minimum Gasteiger partial charge on any atom is -0.399 e. The fourth-order valence-corrected chi connectivity index (χ4v) is 2.37. The van der Waals surface area contributed by atoms with Crippen LogP contribution >= 0.6 is 0 Å². The van der Waals surface area contributed by atoms with Crippen LogP contribution in [0.25, 0.3) is 0 Å². The molecule has 1 atom stereocenters. The van der Waals surface area contributed by atoms with E-state index in [4.69, 9.17) is 5.73 Å². The van der Waals surface area contributed by atoms with Gasteiger partial charge in [-0.3, -0.25) is 0 Å². The number of aryl methyl sites for hydroxylation is 2. The fourth-order valence-electron chi connectivity index (χ4n) is 2.37. The van der Waals surface area contributed by atoms with Gasteiger partial charge in [0.2, 0.25) is 0 Å². The second kappa shape index (κ2) is 14.0. The van der Waals surface area contributed by atoms with E-state index >= 15 is 0 Å². The van der Waals surface area contributed by atoms with Gasteiger partial charge in [0.25, 0.3) is 0 Å². The summed E-state index contributed by atoms with van der Waals surface area (Å²) in [5, 5.41) is 0. The number of anilines is 1. The van der Waals surface area contributed by atoms with Crippen LogP contribution in [-0.4, -0.2) is 0 Å². The van der Waals surface area contributed by atoms with Gasteiger partial charge in [-0.25, -0.2) is 0 Å². The van der Waals surface area contributed by atoms with E-state index in [-0.39, 0.29) is 7.34 Å². The molecule has 0 aromatic heterocycles. The Hall–Kier alpha value is -3.06. The maximum atomic E-state index is 5.36. The van der Waals surface area contributed by atoms with Crippen LogP contribution in [0.3, 0.4) is 0 Å². The predicted molar refractivity (Wildman–Crippen MR) is 132 cm³/mol. The summed E-state index contributed by atoms with van der Waals surface area (Å²) in [6.45, 7) is 14.1. The molecule has 1 unspecified atom stereocenters. The summed E-state index contributed by atoms with van der Waals surface area (Å²) in [4.78, 5) is 0. The molecule has 3 aromatic carbocycles. The number of para-hydroxylation sites is 1. The minimum atomic E-state index is 0. The molecule has 0 aliphatic rings. The third-order valence-electron chi connectivity index (χ3n) is 4.17. The molecule has 1 radical (unpaired) electrons. The quantitative estimate of drug-likeness (QED) is 0.359. The Morgan fingerprint density at radius 2 is 1.45 bits per heavy atom. The highest BCUT2D eigenvalue weighted by molar-refractivity contribution is 5.35. The Balaban J connectivity index is 0.000000434. The lowest BCUT2D eigenvalue weighted by molar-refractivity contribution is 1.08. The number of allylic oxidation sites excluding steroid dienone is 3. The second-order valence-corrected chi connectivity index (χ2v) is 6.97. The van der Waals surface area contributed by atoms with Crippen molar-refractivity contribution in [3.05, 3.63) is 133 Å². The molecule has 0 heterocycles. The maximum absolute atomic E-state index is 5.36. The van der Waals surface area contributed by atoms with Gasteiger partial charge in [-0.2, -0.15) is 0 Å². The van der Waals surface area contributed by atoms with E-state index in [2.05, 4.69) is 69.8 Å². The van der Waals surface area contributed by atoms with E-state index in [0.29, 0.717) is 0 Å². The summed E-state index contributed by atoms with van der Waals surface area (Å²) >= 11 is 0. The molecule has 29 heavy (non-hydrogen) atoms. The molecular weight excluding hydrogens is 350 g/mol. The predicted octanol–water partition coefficient (Wildman–Crippen LogP) is 7.81. The molecule has 0 amide bonds. The number of nitrogens with two attached hydrogens (primary N) is 1. The van der Waals surface area contributed by atoms with E-state index < -0.39 is 0 Å². The lowest BCUT2D eigenvalue weighted by Gasteiger charge is -2.05. The molecule has 0 aliphatic heterocycles. The van der Waals surface area contributed by atoms with E-state index in [1.54, 1.807) is 0 Å². The number of hydrogen-bond donors (Lipinski definition) is 1. The number of nitrogen functional groups attached to an aromatic ring is 1. The zero-order valence-corrected chi connectivity index (χ0v) is 18.0. The van der Waals surface area contributed by atoms with Crippen molar-refractivity contribution < 1.29 is 1.43 Å². The van der Waals surface area contributed by atoms with Crippen molar-refractivity contribution in [2.75, 3.05) is 5.73 Å². The topological polar surface area (TPSA) is 26.0 Å². The van der Waals surface area contributed by atoms with Crippen LogP contribution in [-0.2, 0) is 6.42 Å². The average molecular weight is 387 g/mol. The highest BCUT2D eigenvalue weighted by Gasteiger charge is 1.98. The van der Waals surface area contributed by atoms with Crippen molar-refractivity contribution in [2.45, 2.75) is 33.1 Å². The van der Waals surface area contributed by atoms with Gasteiger partial charge < -0.3 is 5.73 Å². The summed E-state index contributed by atoms with van der Waals surface area (Å²) in [5.74, 6) is 0.220. The lowest BCUT2D eigenvalue weighted by Crippen LogP contribution is -1.87. The molecule has 0 aliphatic carbocycles. The summed E-state index contributed by atoms with van der Waals surface area (Å²) in [6, 6.07) is 28.4. The van der Waals surface area contributed by atoms with Crippen LogP contribution in [0, 0.1) is 13.8 Å². The average Bonchev–Trinajstić information content (AvgIpc) is 2.75. The molecule has 0 bridgehead atoms. The molecule has 0 saturated heterocycles. The molecule has 0 saturated carbocycles. The third kappa shape index (κ3) is 11.4. The lowest BCUT2D eigenvalue weighted by atomic mass is 10.0. The normalized spacial score (nSPS) is 10.9. The number of rotatable bonds is 4. The molecule has 1 nitrogen and oxygen atoms in total. The van der Waals surface area contributed by atoms with Gasteiger partial charge >= 0.3 is 0 Å². The Kier molecular flexibility index (Phi) is 11.6. The molecule has 3 rings (SSSR count). The van der Waals surface area contributed by atoms with E-state index in [1.807, 2.05) is 61.5 Å². The van der Waals surface area contributed by atoms with Crippen LogP contribution < -0.4 is 5.73 Å². The molecule has 153 valence electrons. The van der Waals surface area contributed by atoms with Gasteiger partial charge in [0.1, 0.15) is 0 Å². The van der Waals surface area contributed by atoms with Crippen LogP contribution in [0.15, 0.2) is 109 Å². The smallest absolute Gasteiger partial charge is 0.0313 e. The minimum absolute atomic E-state index is 0. The van der Waals surface area contributed by atoms with Crippen LogP contribution in [0.2, 0.25) is 0 Å². The number of benzene rings is 3. The molecule has 0 fully saturated rings. The highest BCUT2D eigenvalue weighted by Crippen LogP contribution is 2.15.